The van der Waals surface area contributed by atoms with Crippen molar-refractivity contribution < 1.29 is 4.79 Å². The van der Waals surface area contributed by atoms with Gasteiger partial charge in [-0.05, 0) is 56.4 Å². The van der Waals surface area contributed by atoms with E-state index in [1.165, 1.54) is 10.9 Å². The molecule has 0 radical (unpaired) electrons. The molecule has 2 aromatic heterocycles. The molecule has 0 unspecified atom stereocenters. The number of aromatic amines is 1. The number of fused-ring (bicyclic) bond motifs is 1. The van der Waals surface area contributed by atoms with Crippen molar-refractivity contribution in [2.45, 2.75) is 39.2 Å². The largest absolute Gasteiger partial charge is 0.361 e. The van der Waals surface area contributed by atoms with E-state index in [1.807, 2.05) is 19.1 Å². The number of aryl methyl sites for hydroxylation is 1. The predicted octanol–water partition coefficient (Wildman–Crippen LogP) is 4.28. The number of para-hydroxylation sites is 1. The number of anilines is 1. The Morgan fingerprint density at radius 1 is 1.03 bits per heavy atom. The number of carbonyl (C=O) groups excluding carboxylic acids is 1. The number of carbonyl (C=O) groups is 1. The van der Waals surface area contributed by atoms with Crippen LogP contribution < -0.4 is 4.90 Å². The van der Waals surface area contributed by atoms with E-state index in [1.54, 1.807) is 0 Å². The van der Waals surface area contributed by atoms with Crippen molar-refractivity contribution in [3.63, 3.8) is 0 Å². The second-order valence-corrected chi connectivity index (χ2v) is 8.59. The molecule has 2 fully saturated rings. The van der Waals surface area contributed by atoms with Gasteiger partial charge in [-0.2, -0.15) is 0 Å². The van der Waals surface area contributed by atoms with Crippen LogP contribution in [-0.4, -0.2) is 40.4 Å². The summed E-state index contributed by atoms with van der Waals surface area (Å²) in [6, 6.07) is 14.5. The van der Waals surface area contributed by atoms with E-state index < -0.39 is 0 Å². The van der Waals surface area contributed by atoms with Gasteiger partial charge in [0.2, 0.25) is 5.91 Å². The van der Waals surface area contributed by atoms with Gasteiger partial charge in [0.15, 0.2) is 0 Å². The number of nitrogens with zero attached hydrogens (tertiary/aromatic N) is 3. The van der Waals surface area contributed by atoms with Crippen molar-refractivity contribution in [3.05, 3.63) is 59.9 Å². The summed E-state index contributed by atoms with van der Waals surface area (Å²) in [5.41, 5.74) is 3.21. The number of benzene rings is 1. The highest BCUT2D eigenvalue weighted by atomic mass is 16.2. The Bertz CT molecular complexity index is 1030. The summed E-state index contributed by atoms with van der Waals surface area (Å²) >= 11 is 0. The first-order chi connectivity index (χ1) is 14.1. The molecule has 1 spiro atoms. The number of amides is 1. The molecule has 2 saturated heterocycles. The molecule has 5 heteroatoms. The van der Waals surface area contributed by atoms with Crippen LogP contribution in [0.25, 0.3) is 10.9 Å². The molecule has 3 aromatic rings. The third kappa shape index (κ3) is 3.28. The van der Waals surface area contributed by atoms with Crippen molar-refractivity contribution >= 4 is 22.6 Å². The van der Waals surface area contributed by atoms with Crippen LogP contribution in [0.2, 0.25) is 0 Å². The van der Waals surface area contributed by atoms with Crippen molar-refractivity contribution in [1.82, 2.24) is 14.9 Å². The lowest BCUT2D eigenvalue weighted by molar-refractivity contribution is -0.148. The first-order valence-corrected chi connectivity index (χ1v) is 10.7. The monoisotopic (exact) mass is 388 g/mol. The molecule has 1 amide bonds. The van der Waals surface area contributed by atoms with E-state index in [0.29, 0.717) is 12.5 Å². The summed E-state index contributed by atoms with van der Waals surface area (Å²) in [7, 11) is 0. The van der Waals surface area contributed by atoms with Gasteiger partial charge in [0, 0.05) is 49.0 Å². The number of H-pyrrole nitrogens is 1. The fraction of sp³-hybridized carbons (Fsp3) is 0.417. The first kappa shape index (κ1) is 18.2. The lowest BCUT2D eigenvalue weighted by atomic mass is 9.71. The standard InChI is InChI=1S/C24H28N4O/c1-18-6-4-9-22(26-18)27-14-11-24(12-15-27)10-5-13-28(23(24)29)17-19-16-25-21-8-3-2-7-20(19)21/h2-4,6-9,16,25H,5,10-15,17H2,1H3. The summed E-state index contributed by atoms with van der Waals surface area (Å²) in [4.78, 5) is 26.0. The number of hydrogen-bond acceptors (Lipinski definition) is 3. The normalized spacial score (nSPS) is 19.3. The zero-order valence-electron chi connectivity index (χ0n) is 17.0. The Hall–Kier alpha value is -2.82. The molecule has 1 N–H and O–H groups in total. The van der Waals surface area contributed by atoms with E-state index in [2.05, 4.69) is 56.3 Å². The Morgan fingerprint density at radius 2 is 1.86 bits per heavy atom. The molecule has 2 aliphatic heterocycles. The molecular weight excluding hydrogens is 360 g/mol. The number of nitrogens with one attached hydrogen (secondary N) is 1. The molecule has 150 valence electrons. The molecule has 1 aromatic carbocycles. The highest BCUT2D eigenvalue weighted by molar-refractivity contribution is 5.86. The first-order valence-electron chi connectivity index (χ1n) is 10.7. The minimum Gasteiger partial charge on any atom is -0.361 e. The summed E-state index contributed by atoms with van der Waals surface area (Å²) in [6.07, 6.45) is 6.02. The molecule has 29 heavy (non-hydrogen) atoms. The van der Waals surface area contributed by atoms with Gasteiger partial charge < -0.3 is 14.8 Å². The van der Waals surface area contributed by atoms with Crippen molar-refractivity contribution in [1.29, 1.82) is 0 Å². The van der Waals surface area contributed by atoms with Gasteiger partial charge in [-0.3, -0.25) is 4.79 Å². The Balaban J connectivity index is 1.31. The zero-order valence-corrected chi connectivity index (χ0v) is 17.0. The molecule has 0 atom stereocenters. The summed E-state index contributed by atoms with van der Waals surface area (Å²) in [5.74, 6) is 1.39. The third-order valence-corrected chi connectivity index (χ3v) is 6.78. The van der Waals surface area contributed by atoms with Gasteiger partial charge in [0.05, 0.1) is 5.41 Å². The van der Waals surface area contributed by atoms with Crippen molar-refractivity contribution in [2.75, 3.05) is 24.5 Å². The lowest BCUT2D eigenvalue weighted by Crippen LogP contribution is -2.53. The number of aromatic nitrogens is 2. The summed E-state index contributed by atoms with van der Waals surface area (Å²) in [6.45, 7) is 5.41. The summed E-state index contributed by atoms with van der Waals surface area (Å²) < 4.78 is 0. The third-order valence-electron chi connectivity index (χ3n) is 6.78. The van der Waals surface area contributed by atoms with E-state index in [-0.39, 0.29) is 5.41 Å². The molecule has 0 saturated carbocycles. The average Bonchev–Trinajstić information content (AvgIpc) is 3.15. The Labute approximate surface area is 171 Å². The zero-order chi connectivity index (χ0) is 19.8. The van der Waals surface area contributed by atoms with Gasteiger partial charge in [-0.25, -0.2) is 4.98 Å². The molecule has 0 aliphatic carbocycles. The molecule has 2 aliphatic rings. The lowest BCUT2D eigenvalue weighted by Gasteiger charge is -2.46. The van der Waals surface area contributed by atoms with E-state index >= 15 is 0 Å². The van der Waals surface area contributed by atoms with Crippen LogP contribution >= 0.6 is 0 Å². The van der Waals surface area contributed by atoms with Crippen LogP contribution in [-0.2, 0) is 11.3 Å². The van der Waals surface area contributed by atoms with E-state index in [4.69, 9.17) is 0 Å². The molecule has 5 nitrogen and oxygen atoms in total. The predicted molar refractivity (Wildman–Crippen MR) is 116 cm³/mol. The van der Waals surface area contributed by atoms with Crippen molar-refractivity contribution in [3.8, 4) is 0 Å². The minimum atomic E-state index is -0.190. The summed E-state index contributed by atoms with van der Waals surface area (Å²) in [5, 5.41) is 1.22. The average molecular weight is 389 g/mol. The highest BCUT2D eigenvalue weighted by Gasteiger charge is 2.45. The van der Waals surface area contributed by atoms with Gasteiger partial charge >= 0.3 is 0 Å². The minimum absolute atomic E-state index is 0.190. The Morgan fingerprint density at radius 3 is 2.69 bits per heavy atom. The van der Waals surface area contributed by atoms with E-state index in [0.717, 1.165) is 62.3 Å². The topological polar surface area (TPSA) is 52.2 Å². The smallest absolute Gasteiger partial charge is 0.229 e. The van der Waals surface area contributed by atoms with Crippen LogP contribution in [0.5, 0.6) is 0 Å². The van der Waals surface area contributed by atoms with Crippen LogP contribution in [0.15, 0.2) is 48.7 Å². The molecule has 0 bridgehead atoms. The number of piperidine rings is 2. The van der Waals surface area contributed by atoms with Crippen LogP contribution in [0.1, 0.15) is 36.9 Å². The second kappa shape index (κ2) is 7.21. The van der Waals surface area contributed by atoms with Crippen molar-refractivity contribution in [2.24, 2.45) is 5.41 Å². The molecule has 5 rings (SSSR count). The van der Waals surface area contributed by atoms with E-state index in [9.17, 15) is 4.79 Å². The van der Waals surface area contributed by atoms with Gasteiger partial charge in [0.25, 0.3) is 0 Å². The van der Waals surface area contributed by atoms with Gasteiger partial charge in [0.1, 0.15) is 5.82 Å². The number of pyridine rings is 1. The quantitative estimate of drug-likeness (QED) is 0.729. The van der Waals surface area contributed by atoms with Crippen LogP contribution in [0, 0.1) is 12.3 Å². The fourth-order valence-electron chi connectivity index (χ4n) is 5.10. The Kier molecular flexibility index (Phi) is 4.53. The van der Waals surface area contributed by atoms with Gasteiger partial charge in [-0.1, -0.05) is 24.3 Å². The second-order valence-electron chi connectivity index (χ2n) is 8.59. The van der Waals surface area contributed by atoms with Crippen LogP contribution in [0.3, 0.4) is 0 Å². The fourth-order valence-corrected chi connectivity index (χ4v) is 5.10. The SMILES string of the molecule is Cc1cccc(N2CCC3(CCCN(Cc4c[nH]c5ccccc45)C3=O)CC2)n1. The molecular formula is C24H28N4O. The van der Waals surface area contributed by atoms with Crippen LogP contribution in [0.4, 0.5) is 5.82 Å². The number of rotatable bonds is 3. The maximum absolute atomic E-state index is 13.5. The highest BCUT2D eigenvalue weighted by Crippen LogP contribution is 2.42. The molecule has 4 heterocycles. The maximum Gasteiger partial charge on any atom is 0.229 e. The number of hydrogen-bond donors (Lipinski definition) is 1. The number of likely N-dealkylation sites (tertiary alicyclic amines) is 1. The maximum atomic E-state index is 13.5. The van der Waals surface area contributed by atoms with Gasteiger partial charge in [-0.15, -0.1) is 0 Å².